The highest BCUT2D eigenvalue weighted by Crippen LogP contribution is 2.11. The molecule has 0 aromatic heterocycles. The van der Waals surface area contributed by atoms with Gasteiger partial charge in [-0.15, -0.1) is 0 Å². The number of urea groups is 1. The minimum atomic E-state index is -0.954. The first-order chi connectivity index (χ1) is 9.49. The molecular formula is C14H27N3O3. The number of carbonyl (C=O) groups excluding carboxylic acids is 1. The summed E-state index contributed by atoms with van der Waals surface area (Å²) in [4.78, 5) is 28.8. The van der Waals surface area contributed by atoms with Crippen LogP contribution in [0.3, 0.4) is 0 Å². The number of carbonyl (C=O) groups is 2. The fourth-order valence-corrected chi connectivity index (χ4v) is 2.49. The number of aliphatic carboxylic acids is 1. The fraction of sp³-hybridized carbons (Fsp3) is 0.857. The predicted octanol–water partition coefficient (Wildman–Crippen LogP) is 1.32. The predicted molar refractivity (Wildman–Crippen MR) is 77.8 cm³/mol. The van der Waals surface area contributed by atoms with E-state index >= 15 is 0 Å². The molecule has 0 aromatic rings. The second-order valence-corrected chi connectivity index (χ2v) is 5.38. The second kappa shape index (κ2) is 8.09. The third kappa shape index (κ3) is 4.67. The molecule has 116 valence electrons. The molecular weight excluding hydrogens is 258 g/mol. The highest BCUT2D eigenvalue weighted by molar-refractivity contribution is 5.80. The molecule has 0 radical (unpaired) electrons. The Hall–Kier alpha value is -1.30. The maximum Gasteiger partial charge on any atom is 0.323 e. The summed E-state index contributed by atoms with van der Waals surface area (Å²) in [5.41, 5.74) is 0. The van der Waals surface area contributed by atoms with Gasteiger partial charge in [-0.25, -0.2) is 4.79 Å². The number of piperazine rings is 1. The third-order valence-corrected chi connectivity index (χ3v) is 3.89. The third-order valence-electron chi connectivity index (χ3n) is 3.89. The van der Waals surface area contributed by atoms with Crippen molar-refractivity contribution in [2.24, 2.45) is 0 Å². The van der Waals surface area contributed by atoms with Crippen molar-refractivity contribution in [3.63, 3.8) is 0 Å². The molecule has 2 amide bonds. The molecule has 1 atom stereocenters. The van der Waals surface area contributed by atoms with Crippen molar-refractivity contribution in [3.05, 3.63) is 0 Å². The Kier molecular flexibility index (Phi) is 6.78. The first-order valence-electron chi connectivity index (χ1n) is 7.49. The summed E-state index contributed by atoms with van der Waals surface area (Å²) in [6.45, 7) is 9.70. The lowest BCUT2D eigenvalue weighted by Crippen LogP contribution is -2.55. The molecule has 1 heterocycles. The van der Waals surface area contributed by atoms with Crippen molar-refractivity contribution < 1.29 is 14.7 Å². The maximum atomic E-state index is 12.3. The van der Waals surface area contributed by atoms with E-state index in [-0.39, 0.29) is 12.6 Å². The monoisotopic (exact) mass is 285 g/mol. The van der Waals surface area contributed by atoms with Crippen LogP contribution in [0.2, 0.25) is 0 Å². The van der Waals surface area contributed by atoms with Gasteiger partial charge in [0.05, 0.1) is 0 Å². The zero-order valence-electron chi connectivity index (χ0n) is 12.8. The summed E-state index contributed by atoms with van der Waals surface area (Å²) in [5.74, 6) is -0.954. The van der Waals surface area contributed by atoms with E-state index in [1.165, 1.54) is 4.90 Å². The van der Waals surface area contributed by atoms with Gasteiger partial charge in [-0.05, 0) is 19.8 Å². The topological polar surface area (TPSA) is 64.1 Å². The van der Waals surface area contributed by atoms with Crippen LogP contribution < -0.4 is 0 Å². The molecule has 1 unspecified atom stereocenters. The standard InChI is InChI=1S/C14H27N3O3/c1-4-6-17(11-13(18)19)14(20)16-9-7-15(8-10-16)12(3)5-2/h12H,4-11H2,1-3H3,(H,18,19). The van der Waals surface area contributed by atoms with Gasteiger partial charge in [0, 0.05) is 38.8 Å². The van der Waals surface area contributed by atoms with E-state index in [0.29, 0.717) is 25.7 Å². The van der Waals surface area contributed by atoms with Crippen molar-refractivity contribution >= 4 is 12.0 Å². The summed E-state index contributed by atoms with van der Waals surface area (Å²) in [5, 5.41) is 8.88. The van der Waals surface area contributed by atoms with Gasteiger partial charge in [-0.1, -0.05) is 13.8 Å². The van der Waals surface area contributed by atoms with Crippen molar-refractivity contribution in [2.75, 3.05) is 39.3 Å². The van der Waals surface area contributed by atoms with Crippen LogP contribution in [0.25, 0.3) is 0 Å². The van der Waals surface area contributed by atoms with Crippen LogP contribution in [0.1, 0.15) is 33.6 Å². The quantitative estimate of drug-likeness (QED) is 0.799. The SMILES string of the molecule is CCCN(CC(=O)O)C(=O)N1CCN(C(C)CC)CC1. The van der Waals surface area contributed by atoms with Crippen LogP contribution in [-0.4, -0.2) is 77.1 Å². The van der Waals surface area contributed by atoms with Gasteiger partial charge in [-0.2, -0.15) is 0 Å². The zero-order valence-corrected chi connectivity index (χ0v) is 12.8. The Morgan fingerprint density at radius 3 is 2.25 bits per heavy atom. The van der Waals surface area contributed by atoms with Crippen LogP contribution in [0.4, 0.5) is 4.79 Å². The lowest BCUT2D eigenvalue weighted by Gasteiger charge is -2.39. The highest BCUT2D eigenvalue weighted by atomic mass is 16.4. The Labute approximate surface area is 121 Å². The number of amides is 2. The first kappa shape index (κ1) is 16.8. The fourth-order valence-electron chi connectivity index (χ4n) is 2.49. The maximum absolute atomic E-state index is 12.3. The Balaban J connectivity index is 2.53. The van der Waals surface area contributed by atoms with Gasteiger partial charge in [0.25, 0.3) is 0 Å². The van der Waals surface area contributed by atoms with Gasteiger partial charge in [0.1, 0.15) is 6.54 Å². The molecule has 0 spiro atoms. The number of hydrogen-bond acceptors (Lipinski definition) is 3. The lowest BCUT2D eigenvalue weighted by atomic mass is 10.2. The molecule has 1 N–H and O–H groups in total. The number of nitrogens with zero attached hydrogens (tertiary/aromatic N) is 3. The van der Waals surface area contributed by atoms with Crippen molar-refractivity contribution in [1.82, 2.24) is 14.7 Å². The first-order valence-corrected chi connectivity index (χ1v) is 7.49. The molecule has 1 aliphatic rings. The van der Waals surface area contributed by atoms with Crippen molar-refractivity contribution in [3.8, 4) is 0 Å². The van der Waals surface area contributed by atoms with E-state index in [4.69, 9.17) is 5.11 Å². The Bertz CT molecular complexity index is 328. The molecule has 0 saturated carbocycles. The second-order valence-electron chi connectivity index (χ2n) is 5.38. The summed E-state index contributed by atoms with van der Waals surface area (Å²) in [7, 11) is 0. The average Bonchev–Trinajstić information content (AvgIpc) is 2.45. The van der Waals surface area contributed by atoms with Crippen LogP contribution in [0.15, 0.2) is 0 Å². The van der Waals surface area contributed by atoms with Gasteiger partial charge < -0.3 is 14.9 Å². The Morgan fingerprint density at radius 2 is 1.80 bits per heavy atom. The minimum Gasteiger partial charge on any atom is -0.480 e. The van der Waals surface area contributed by atoms with E-state index in [1.807, 2.05) is 6.92 Å². The molecule has 6 heteroatoms. The van der Waals surface area contributed by atoms with Gasteiger partial charge in [-0.3, -0.25) is 9.69 Å². The normalized spacial score (nSPS) is 17.9. The summed E-state index contributed by atoms with van der Waals surface area (Å²) in [6, 6.07) is 0.399. The van der Waals surface area contributed by atoms with Crippen LogP contribution in [0, 0.1) is 0 Å². The van der Waals surface area contributed by atoms with Gasteiger partial charge in [0.15, 0.2) is 0 Å². The molecule has 1 saturated heterocycles. The van der Waals surface area contributed by atoms with Crippen LogP contribution in [0.5, 0.6) is 0 Å². The number of carboxylic acids is 1. The van der Waals surface area contributed by atoms with E-state index in [0.717, 1.165) is 25.9 Å². The summed E-state index contributed by atoms with van der Waals surface area (Å²) in [6.07, 6.45) is 1.88. The van der Waals surface area contributed by atoms with Crippen LogP contribution in [-0.2, 0) is 4.79 Å². The molecule has 6 nitrogen and oxygen atoms in total. The highest BCUT2D eigenvalue weighted by Gasteiger charge is 2.27. The molecule has 20 heavy (non-hydrogen) atoms. The number of carboxylic acid groups (broad SMARTS) is 1. The van der Waals surface area contributed by atoms with Crippen molar-refractivity contribution in [1.29, 1.82) is 0 Å². The van der Waals surface area contributed by atoms with E-state index < -0.39 is 5.97 Å². The largest absolute Gasteiger partial charge is 0.480 e. The molecule has 0 bridgehead atoms. The zero-order chi connectivity index (χ0) is 15.1. The van der Waals surface area contributed by atoms with Gasteiger partial charge in [0.2, 0.25) is 0 Å². The smallest absolute Gasteiger partial charge is 0.323 e. The van der Waals surface area contributed by atoms with Crippen molar-refractivity contribution in [2.45, 2.75) is 39.7 Å². The van der Waals surface area contributed by atoms with Crippen LogP contribution >= 0.6 is 0 Å². The molecule has 1 rings (SSSR count). The van der Waals surface area contributed by atoms with E-state index in [1.54, 1.807) is 4.90 Å². The van der Waals surface area contributed by atoms with E-state index in [9.17, 15) is 9.59 Å². The summed E-state index contributed by atoms with van der Waals surface area (Å²) < 4.78 is 0. The number of rotatable bonds is 6. The average molecular weight is 285 g/mol. The minimum absolute atomic E-state index is 0.141. The molecule has 0 aliphatic carbocycles. The molecule has 1 fully saturated rings. The molecule has 1 aliphatic heterocycles. The lowest BCUT2D eigenvalue weighted by molar-refractivity contribution is -0.137. The van der Waals surface area contributed by atoms with E-state index in [2.05, 4.69) is 18.7 Å². The molecule has 0 aromatic carbocycles. The number of hydrogen-bond donors (Lipinski definition) is 1. The van der Waals surface area contributed by atoms with Gasteiger partial charge >= 0.3 is 12.0 Å². The summed E-state index contributed by atoms with van der Waals surface area (Å²) >= 11 is 0. The Morgan fingerprint density at radius 1 is 1.20 bits per heavy atom.